The Morgan fingerprint density at radius 1 is 1.28 bits per heavy atom. The summed E-state index contributed by atoms with van der Waals surface area (Å²) in [6.07, 6.45) is 0. The van der Waals surface area contributed by atoms with E-state index in [2.05, 4.69) is 26.6 Å². The molecule has 0 radical (unpaired) electrons. The van der Waals surface area contributed by atoms with E-state index in [1.807, 2.05) is 23.6 Å². The third-order valence-electron chi connectivity index (χ3n) is 4.03. The lowest BCUT2D eigenvalue weighted by atomic mass is 9.92. The van der Waals surface area contributed by atoms with Crippen LogP contribution in [0.25, 0.3) is 0 Å². The summed E-state index contributed by atoms with van der Waals surface area (Å²) in [6.45, 7) is 1.70. The van der Waals surface area contributed by atoms with Gasteiger partial charge in [-0.2, -0.15) is 0 Å². The normalized spacial score (nSPS) is 19.8. The molecule has 1 atom stereocenters. The van der Waals surface area contributed by atoms with E-state index in [1.165, 1.54) is 11.3 Å². The second-order valence-corrected chi connectivity index (χ2v) is 7.67. The van der Waals surface area contributed by atoms with Crippen molar-refractivity contribution in [2.75, 3.05) is 6.54 Å². The molecule has 0 bridgehead atoms. The monoisotopic (exact) mass is 421 g/mol. The van der Waals surface area contributed by atoms with Crippen LogP contribution in [0.3, 0.4) is 0 Å². The fraction of sp³-hybridized carbons (Fsp3) is 0.235. The molecule has 2 heterocycles. The molecule has 3 rings (SSSR count). The summed E-state index contributed by atoms with van der Waals surface area (Å²) >= 11 is 4.93. The maximum atomic E-state index is 12.8. The predicted molar refractivity (Wildman–Crippen MR) is 97.9 cm³/mol. The summed E-state index contributed by atoms with van der Waals surface area (Å²) < 4.78 is 0.718. The van der Waals surface area contributed by atoms with Gasteiger partial charge in [0.15, 0.2) is 0 Å². The first-order valence-electron chi connectivity index (χ1n) is 7.60. The van der Waals surface area contributed by atoms with Gasteiger partial charge in [0.25, 0.3) is 5.91 Å². The minimum absolute atomic E-state index is 0.309. The van der Waals surface area contributed by atoms with Crippen molar-refractivity contribution in [1.29, 1.82) is 0 Å². The van der Waals surface area contributed by atoms with Crippen LogP contribution in [0, 0.1) is 0 Å². The highest BCUT2D eigenvalue weighted by Crippen LogP contribution is 2.33. The summed E-state index contributed by atoms with van der Waals surface area (Å²) in [5.74, 6) is -0.830. The molecule has 8 heteroatoms. The van der Waals surface area contributed by atoms with Gasteiger partial charge in [0.2, 0.25) is 5.91 Å². The van der Waals surface area contributed by atoms with Gasteiger partial charge in [-0.15, -0.1) is 11.3 Å². The molecule has 130 valence electrons. The van der Waals surface area contributed by atoms with Gasteiger partial charge in [0.1, 0.15) is 12.1 Å². The van der Waals surface area contributed by atoms with Crippen molar-refractivity contribution < 1.29 is 14.4 Å². The Bertz CT molecular complexity index is 824. The molecule has 1 aromatic carbocycles. The summed E-state index contributed by atoms with van der Waals surface area (Å²) in [7, 11) is 0. The molecule has 1 aromatic heterocycles. The number of imide groups is 1. The molecule has 0 aliphatic carbocycles. The molecule has 1 saturated heterocycles. The largest absolute Gasteiger partial charge is 0.350 e. The summed E-state index contributed by atoms with van der Waals surface area (Å²) in [5, 5.41) is 7.33. The van der Waals surface area contributed by atoms with E-state index in [-0.39, 0.29) is 12.5 Å². The van der Waals surface area contributed by atoms with Crippen LogP contribution >= 0.6 is 27.3 Å². The number of hydrogen-bond acceptors (Lipinski definition) is 4. The molecule has 6 nitrogen and oxygen atoms in total. The fourth-order valence-electron chi connectivity index (χ4n) is 2.69. The topological polar surface area (TPSA) is 78.5 Å². The Labute approximate surface area is 157 Å². The van der Waals surface area contributed by atoms with Crippen molar-refractivity contribution in [3.8, 4) is 0 Å². The SMILES string of the molecule is CC1(c2ccccc2Br)NC(=O)N(CC(=O)NCc2cccs2)C1=O. The molecule has 1 fully saturated rings. The van der Waals surface area contributed by atoms with Gasteiger partial charge >= 0.3 is 6.03 Å². The Balaban J connectivity index is 1.71. The van der Waals surface area contributed by atoms with Gasteiger partial charge in [0.05, 0.1) is 6.54 Å². The molecule has 25 heavy (non-hydrogen) atoms. The minimum atomic E-state index is -1.20. The van der Waals surface area contributed by atoms with E-state index < -0.39 is 17.5 Å². The van der Waals surface area contributed by atoms with Crippen LogP contribution in [-0.2, 0) is 21.7 Å². The lowest BCUT2D eigenvalue weighted by Crippen LogP contribution is -2.43. The quantitative estimate of drug-likeness (QED) is 0.728. The Kier molecular flexibility index (Phi) is 4.91. The van der Waals surface area contributed by atoms with Gasteiger partial charge in [0, 0.05) is 14.9 Å². The highest BCUT2D eigenvalue weighted by Gasteiger charge is 2.50. The second kappa shape index (κ2) is 6.97. The van der Waals surface area contributed by atoms with Gasteiger partial charge in [-0.3, -0.25) is 14.5 Å². The third kappa shape index (κ3) is 3.45. The van der Waals surface area contributed by atoms with Crippen LogP contribution in [0.1, 0.15) is 17.4 Å². The zero-order valence-electron chi connectivity index (χ0n) is 13.4. The number of amides is 4. The molecule has 1 aliphatic heterocycles. The minimum Gasteiger partial charge on any atom is -0.350 e. The molecular weight excluding hydrogens is 406 g/mol. The fourth-order valence-corrected chi connectivity index (χ4v) is 4.01. The van der Waals surface area contributed by atoms with E-state index in [0.29, 0.717) is 12.1 Å². The Morgan fingerprint density at radius 3 is 2.72 bits per heavy atom. The van der Waals surface area contributed by atoms with Crippen molar-refractivity contribution in [1.82, 2.24) is 15.5 Å². The van der Waals surface area contributed by atoms with Crippen LogP contribution in [0.5, 0.6) is 0 Å². The van der Waals surface area contributed by atoms with E-state index in [4.69, 9.17) is 0 Å². The number of halogens is 1. The van der Waals surface area contributed by atoms with E-state index in [0.717, 1.165) is 14.2 Å². The first-order chi connectivity index (χ1) is 11.9. The number of thiophene rings is 1. The van der Waals surface area contributed by atoms with Crippen LogP contribution in [0.2, 0.25) is 0 Å². The highest BCUT2D eigenvalue weighted by molar-refractivity contribution is 9.10. The van der Waals surface area contributed by atoms with Crippen LogP contribution in [0.15, 0.2) is 46.3 Å². The number of hydrogen-bond donors (Lipinski definition) is 2. The summed E-state index contributed by atoms with van der Waals surface area (Å²) in [6, 6.07) is 10.4. The molecule has 4 amide bonds. The van der Waals surface area contributed by atoms with Crippen LogP contribution in [0.4, 0.5) is 4.79 Å². The van der Waals surface area contributed by atoms with Crippen molar-refractivity contribution in [2.24, 2.45) is 0 Å². The van der Waals surface area contributed by atoms with Gasteiger partial charge in [-0.1, -0.05) is 40.2 Å². The number of carbonyl (C=O) groups is 3. The molecular formula is C17H16BrN3O3S. The number of rotatable bonds is 5. The van der Waals surface area contributed by atoms with Gasteiger partial charge in [-0.25, -0.2) is 4.79 Å². The number of nitrogens with one attached hydrogen (secondary N) is 2. The number of urea groups is 1. The van der Waals surface area contributed by atoms with Crippen molar-refractivity contribution in [3.63, 3.8) is 0 Å². The van der Waals surface area contributed by atoms with Gasteiger partial charge in [-0.05, 0) is 24.4 Å². The number of carbonyl (C=O) groups excluding carboxylic acids is 3. The number of nitrogens with zero attached hydrogens (tertiary/aromatic N) is 1. The lowest BCUT2D eigenvalue weighted by molar-refractivity contribution is -0.134. The van der Waals surface area contributed by atoms with Crippen molar-refractivity contribution >= 4 is 45.1 Å². The molecule has 1 unspecified atom stereocenters. The Hall–Kier alpha value is -2.19. The second-order valence-electron chi connectivity index (χ2n) is 5.78. The maximum absolute atomic E-state index is 12.8. The van der Waals surface area contributed by atoms with Crippen molar-refractivity contribution in [3.05, 3.63) is 56.7 Å². The maximum Gasteiger partial charge on any atom is 0.325 e. The van der Waals surface area contributed by atoms with E-state index in [9.17, 15) is 14.4 Å². The van der Waals surface area contributed by atoms with E-state index >= 15 is 0 Å². The first kappa shape index (κ1) is 17.6. The standard InChI is InChI=1S/C17H16BrN3O3S/c1-17(12-6-2-3-7-13(12)18)15(23)21(16(24)20-17)10-14(22)19-9-11-5-4-8-25-11/h2-8H,9-10H2,1H3,(H,19,22)(H,20,24). The highest BCUT2D eigenvalue weighted by atomic mass is 79.9. The molecule has 2 aromatic rings. The van der Waals surface area contributed by atoms with Crippen molar-refractivity contribution in [2.45, 2.75) is 19.0 Å². The Morgan fingerprint density at radius 2 is 2.04 bits per heavy atom. The van der Waals surface area contributed by atoms with Crippen LogP contribution in [-0.4, -0.2) is 29.3 Å². The predicted octanol–water partition coefficient (Wildman–Crippen LogP) is 2.59. The zero-order chi connectivity index (χ0) is 18.0. The average molecular weight is 422 g/mol. The van der Waals surface area contributed by atoms with Crippen LogP contribution < -0.4 is 10.6 Å². The average Bonchev–Trinajstić information content (AvgIpc) is 3.17. The summed E-state index contributed by atoms with van der Waals surface area (Å²) in [5.41, 5.74) is -0.555. The molecule has 0 spiro atoms. The first-order valence-corrected chi connectivity index (χ1v) is 9.27. The molecule has 0 saturated carbocycles. The van der Waals surface area contributed by atoms with E-state index in [1.54, 1.807) is 25.1 Å². The number of benzene rings is 1. The third-order valence-corrected chi connectivity index (χ3v) is 5.60. The smallest absolute Gasteiger partial charge is 0.325 e. The van der Waals surface area contributed by atoms with Gasteiger partial charge < -0.3 is 10.6 Å². The molecule has 2 N–H and O–H groups in total. The summed E-state index contributed by atoms with van der Waals surface area (Å²) in [4.78, 5) is 39.1. The lowest BCUT2D eigenvalue weighted by Gasteiger charge is -2.23. The molecule has 1 aliphatic rings. The zero-order valence-corrected chi connectivity index (χ0v) is 15.8.